The van der Waals surface area contributed by atoms with E-state index in [9.17, 15) is 23.7 Å². The van der Waals surface area contributed by atoms with Crippen LogP contribution in [0.1, 0.15) is 201 Å². The third-order valence-electron chi connectivity index (χ3n) is 11.3. The molecule has 0 aliphatic carbocycles. The van der Waals surface area contributed by atoms with Crippen LogP contribution in [0.2, 0.25) is 0 Å². The second kappa shape index (κ2) is 49.8. The van der Waals surface area contributed by atoms with Crippen LogP contribution < -0.4 is 21.3 Å². The first-order valence-corrected chi connectivity index (χ1v) is 29.7. The van der Waals surface area contributed by atoms with Gasteiger partial charge in [-0.25, -0.2) is 9.59 Å². The van der Waals surface area contributed by atoms with Gasteiger partial charge in [0.25, 0.3) is 0 Å². The zero-order chi connectivity index (χ0) is 50.0. The second-order valence-corrected chi connectivity index (χ2v) is 20.7. The van der Waals surface area contributed by atoms with Crippen molar-refractivity contribution in [2.24, 2.45) is 0 Å². The van der Waals surface area contributed by atoms with E-state index in [0.717, 1.165) is 64.2 Å². The molecule has 0 fully saturated rings. The first kappa shape index (κ1) is 65.9. The molecule has 0 heterocycles. The lowest BCUT2D eigenvalue weighted by Gasteiger charge is -2.21. The summed E-state index contributed by atoms with van der Waals surface area (Å²) in [6.45, 7) is 8.79. The Bertz CT molecular complexity index is 1240. The molecule has 4 amide bonds. The molecule has 0 aromatic heterocycles. The number of amides is 4. The van der Waals surface area contributed by atoms with Crippen LogP contribution in [-0.4, -0.2) is 129 Å². The highest BCUT2D eigenvalue weighted by atomic mass is 32.2. The van der Waals surface area contributed by atoms with Gasteiger partial charge in [0.15, 0.2) is 0 Å². The lowest BCUT2D eigenvalue weighted by atomic mass is 10.0. The van der Waals surface area contributed by atoms with Gasteiger partial charge < -0.3 is 54.7 Å². The lowest BCUT2D eigenvalue weighted by Crippen LogP contribution is -2.49. The van der Waals surface area contributed by atoms with Gasteiger partial charge in [-0.1, -0.05) is 175 Å². The van der Waals surface area contributed by atoms with Crippen LogP contribution in [0.15, 0.2) is 0 Å². The highest BCUT2D eigenvalue weighted by Gasteiger charge is 2.23. The molecule has 0 radical (unpaired) electrons. The van der Waals surface area contributed by atoms with E-state index in [1.807, 2.05) is 0 Å². The maximum Gasteiger partial charge on any atom is 0.407 e. The number of carbonyl (C=O) groups is 4. The molecule has 0 aliphatic rings. The zero-order valence-electron chi connectivity index (χ0n) is 43.0. The van der Waals surface area contributed by atoms with Crippen LogP contribution in [0.4, 0.5) is 9.59 Å². The molecule has 0 spiro atoms. The van der Waals surface area contributed by atoms with Gasteiger partial charge in [-0.05, 0) is 19.3 Å². The Morgan fingerprint density at radius 3 is 1.41 bits per heavy atom. The Morgan fingerprint density at radius 2 is 0.926 bits per heavy atom. The van der Waals surface area contributed by atoms with Crippen LogP contribution in [-0.2, 0) is 37.8 Å². The SMILES string of the molecule is CCCCCCCCCCCCCCCC(=O)N[C@@H](CSC[C@@H](COC(=O)NCCCCCCCC)OC(=O)NCCCCCCCCCC)C(=O)NCCOCCOCCOCCP(=O)(O)O. The van der Waals surface area contributed by atoms with Gasteiger partial charge >= 0.3 is 19.8 Å². The van der Waals surface area contributed by atoms with E-state index in [4.69, 9.17) is 33.5 Å². The summed E-state index contributed by atoms with van der Waals surface area (Å²) >= 11 is 1.33. The summed E-state index contributed by atoms with van der Waals surface area (Å²) in [4.78, 5) is 69.9. The first-order chi connectivity index (χ1) is 33.0. The third-order valence-corrected chi connectivity index (χ3v) is 13.3. The van der Waals surface area contributed by atoms with Crippen LogP contribution in [0.5, 0.6) is 0 Å². The Labute approximate surface area is 416 Å². The number of ether oxygens (including phenoxy) is 5. The molecule has 0 aromatic carbocycles. The van der Waals surface area contributed by atoms with Crippen molar-refractivity contribution < 1.29 is 57.2 Å². The summed E-state index contributed by atoms with van der Waals surface area (Å²) in [7, 11) is -4.09. The highest BCUT2D eigenvalue weighted by Crippen LogP contribution is 2.33. The monoisotopic (exact) mass is 1010 g/mol. The van der Waals surface area contributed by atoms with Gasteiger partial charge in [-0.15, -0.1) is 0 Å². The summed E-state index contributed by atoms with van der Waals surface area (Å²) < 4.78 is 38.3. The van der Waals surface area contributed by atoms with Gasteiger partial charge in [0.1, 0.15) is 18.8 Å². The van der Waals surface area contributed by atoms with Crippen molar-refractivity contribution in [3.8, 4) is 0 Å². The molecule has 0 bridgehead atoms. The van der Waals surface area contributed by atoms with Gasteiger partial charge in [-0.2, -0.15) is 11.8 Å². The average molecular weight is 1010 g/mol. The van der Waals surface area contributed by atoms with E-state index in [1.165, 1.54) is 121 Å². The predicted molar refractivity (Wildman–Crippen MR) is 276 cm³/mol. The van der Waals surface area contributed by atoms with Crippen molar-refractivity contribution >= 4 is 43.4 Å². The fourth-order valence-corrected chi connectivity index (χ4v) is 8.64. The molecule has 402 valence electrons. The predicted octanol–water partition coefficient (Wildman–Crippen LogP) is 10.4. The van der Waals surface area contributed by atoms with Crippen molar-refractivity contribution in [2.45, 2.75) is 213 Å². The highest BCUT2D eigenvalue weighted by molar-refractivity contribution is 7.99. The third kappa shape index (κ3) is 48.9. The van der Waals surface area contributed by atoms with Gasteiger partial charge in [-0.3, -0.25) is 14.2 Å². The first-order valence-electron chi connectivity index (χ1n) is 26.8. The van der Waals surface area contributed by atoms with Crippen LogP contribution in [0.3, 0.4) is 0 Å². The molecular weight excluding hydrogens is 912 g/mol. The van der Waals surface area contributed by atoms with Crippen LogP contribution >= 0.6 is 19.4 Å². The number of alkyl carbamates (subject to hydrolysis) is 2. The molecule has 2 atom stereocenters. The summed E-state index contributed by atoms with van der Waals surface area (Å²) in [5.74, 6) is -0.141. The number of unbranched alkanes of at least 4 members (excludes halogenated alkanes) is 24. The Hall–Kier alpha value is -2.14. The minimum absolute atomic E-state index is 0.0548. The zero-order valence-corrected chi connectivity index (χ0v) is 44.7. The normalized spacial score (nSPS) is 12.4. The smallest absolute Gasteiger partial charge is 0.407 e. The largest absolute Gasteiger partial charge is 0.446 e. The minimum Gasteiger partial charge on any atom is -0.446 e. The Kier molecular flexibility index (Phi) is 48.3. The topological polar surface area (TPSA) is 220 Å². The fraction of sp³-hybridized carbons (Fsp3) is 0.920. The van der Waals surface area contributed by atoms with E-state index >= 15 is 0 Å². The Balaban J connectivity index is 5.17. The van der Waals surface area contributed by atoms with E-state index in [2.05, 4.69) is 42.0 Å². The molecule has 0 saturated carbocycles. The van der Waals surface area contributed by atoms with Crippen molar-refractivity contribution in [1.82, 2.24) is 21.3 Å². The van der Waals surface area contributed by atoms with E-state index in [1.54, 1.807) is 0 Å². The van der Waals surface area contributed by atoms with Gasteiger partial charge in [0.2, 0.25) is 11.8 Å². The number of nitrogens with one attached hydrogen (secondary N) is 4. The number of rotatable bonds is 51. The maximum absolute atomic E-state index is 13.5. The van der Waals surface area contributed by atoms with Crippen molar-refractivity contribution in [2.75, 3.05) is 83.6 Å². The quantitative estimate of drug-likeness (QED) is 0.0247. The molecular formula is C50H99N4O12PS. The molecule has 0 saturated heterocycles. The summed E-state index contributed by atoms with van der Waals surface area (Å²) in [6, 6.07) is -0.860. The molecule has 18 heteroatoms. The van der Waals surface area contributed by atoms with Crippen molar-refractivity contribution in [1.29, 1.82) is 0 Å². The van der Waals surface area contributed by atoms with Gasteiger partial charge in [0, 0.05) is 37.6 Å². The molecule has 0 aromatic rings. The molecule has 6 N–H and O–H groups in total. The van der Waals surface area contributed by atoms with Crippen molar-refractivity contribution in [3.05, 3.63) is 0 Å². The average Bonchev–Trinajstić information content (AvgIpc) is 3.30. The number of hydrogen-bond acceptors (Lipinski definition) is 11. The minimum atomic E-state index is -4.09. The number of thioether (sulfide) groups is 1. The summed E-state index contributed by atoms with van der Waals surface area (Å²) in [5, 5.41) is 11.4. The summed E-state index contributed by atoms with van der Waals surface area (Å²) in [6.07, 6.45) is 29.4. The standard InChI is InChI=1S/C50H99N4O12PS/c1-4-7-10-13-16-18-19-20-21-22-23-25-28-31-47(55)54-46(48(56)51-34-35-62-36-37-63-38-39-64-40-41-67(59,60)61)44-68-43-45(42-65-49(57)52-32-29-26-15-12-9-6-3)66-50(58)53-33-30-27-24-17-14-11-8-5-2/h45-46H,4-44H2,1-3H3,(H,51,56)(H,52,57)(H,53,58)(H,54,55)(H2,59,60,61)/t45-,46+/m1/s1. The van der Waals surface area contributed by atoms with Crippen molar-refractivity contribution in [3.63, 3.8) is 0 Å². The number of hydrogen-bond donors (Lipinski definition) is 6. The van der Waals surface area contributed by atoms with E-state index < -0.39 is 31.9 Å². The molecule has 0 aliphatic heterocycles. The molecule has 68 heavy (non-hydrogen) atoms. The van der Waals surface area contributed by atoms with Crippen LogP contribution in [0.25, 0.3) is 0 Å². The molecule has 0 unspecified atom stereocenters. The number of carbonyl (C=O) groups excluding carboxylic acids is 4. The lowest BCUT2D eigenvalue weighted by molar-refractivity contribution is -0.128. The summed E-state index contributed by atoms with van der Waals surface area (Å²) in [5.41, 5.74) is 0. The van der Waals surface area contributed by atoms with E-state index in [-0.39, 0.29) is 82.3 Å². The maximum atomic E-state index is 13.5. The van der Waals surface area contributed by atoms with Gasteiger partial charge in [0.05, 0.1) is 45.8 Å². The fourth-order valence-electron chi connectivity index (χ4n) is 7.24. The van der Waals surface area contributed by atoms with Crippen LogP contribution in [0, 0.1) is 0 Å². The molecule has 16 nitrogen and oxygen atoms in total. The molecule has 0 rings (SSSR count). The van der Waals surface area contributed by atoms with E-state index in [0.29, 0.717) is 19.5 Å². The Morgan fingerprint density at radius 1 is 0.500 bits per heavy atom. The second-order valence-electron chi connectivity index (χ2n) is 17.9.